The average molecular weight is 279 g/mol. The quantitative estimate of drug-likeness (QED) is 0.845. The van der Waals surface area contributed by atoms with Crippen LogP contribution in [0.4, 0.5) is 5.95 Å². The summed E-state index contributed by atoms with van der Waals surface area (Å²) in [6.45, 7) is 0.568. The first kappa shape index (κ1) is 13.1. The van der Waals surface area contributed by atoms with Crippen molar-refractivity contribution in [1.29, 1.82) is 0 Å². The maximum atomic E-state index is 11.9. The van der Waals surface area contributed by atoms with Gasteiger partial charge in [0.15, 0.2) is 11.2 Å². The number of rotatable bonds is 4. The molecule has 2 aromatic heterocycles. The lowest BCUT2D eigenvalue weighted by Crippen LogP contribution is -2.16. The van der Waals surface area contributed by atoms with E-state index >= 15 is 0 Å². The van der Waals surface area contributed by atoms with Crippen LogP contribution in [0.1, 0.15) is 19.1 Å². The largest absolute Gasteiger partial charge is 0.382 e. The summed E-state index contributed by atoms with van der Waals surface area (Å²) in [5, 5.41) is 2.83. The van der Waals surface area contributed by atoms with E-state index in [-0.39, 0.29) is 17.9 Å². The van der Waals surface area contributed by atoms with Crippen molar-refractivity contribution < 1.29 is 9.47 Å². The van der Waals surface area contributed by atoms with Crippen LogP contribution < -0.4 is 10.9 Å². The number of nitrogens with zero attached hydrogens (tertiary/aromatic N) is 3. The Morgan fingerprint density at radius 3 is 3.20 bits per heavy atom. The van der Waals surface area contributed by atoms with Gasteiger partial charge in [-0.1, -0.05) is 0 Å². The number of hydrogen-bond donors (Lipinski definition) is 2. The van der Waals surface area contributed by atoms with Gasteiger partial charge in [-0.05, 0) is 12.8 Å². The molecule has 2 aromatic rings. The molecule has 108 valence electrons. The minimum atomic E-state index is -0.260. The highest BCUT2D eigenvalue weighted by molar-refractivity contribution is 5.70. The van der Waals surface area contributed by atoms with E-state index in [1.54, 1.807) is 25.1 Å². The number of aromatic nitrogens is 4. The summed E-state index contributed by atoms with van der Waals surface area (Å²) < 4.78 is 12.8. The minimum Gasteiger partial charge on any atom is -0.382 e. The second kappa shape index (κ2) is 5.22. The number of H-pyrrole nitrogens is 1. The normalized spacial score (nSPS) is 22.5. The van der Waals surface area contributed by atoms with Gasteiger partial charge < -0.3 is 14.8 Å². The first-order valence-electron chi connectivity index (χ1n) is 6.52. The summed E-state index contributed by atoms with van der Waals surface area (Å²) in [7, 11) is 3.36. The number of aromatic amines is 1. The van der Waals surface area contributed by atoms with Gasteiger partial charge in [-0.25, -0.2) is 4.98 Å². The number of hydrogen-bond acceptors (Lipinski definition) is 6. The molecule has 1 fully saturated rings. The van der Waals surface area contributed by atoms with Crippen molar-refractivity contribution >= 4 is 17.1 Å². The van der Waals surface area contributed by atoms with Crippen molar-refractivity contribution in [2.24, 2.45) is 0 Å². The Labute approximate surface area is 115 Å². The molecule has 0 bridgehead atoms. The average Bonchev–Trinajstić information content (AvgIpc) is 3.05. The van der Waals surface area contributed by atoms with Crippen molar-refractivity contribution in [2.75, 3.05) is 26.1 Å². The molecule has 0 spiro atoms. The van der Waals surface area contributed by atoms with E-state index in [4.69, 9.17) is 9.47 Å². The standard InChI is InChI=1S/C12H17N5O3/c1-13-12-15-10-9(11(18)16-12)14-6-17(10)8-4-3-7(20-8)5-19-2/h6-8H,3-5H2,1-2H3,(H2,13,15,16,18)/t7-,8+/m0/s1. The summed E-state index contributed by atoms with van der Waals surface area (Å²) in [4.78, 5) is 23.0. The van der Waals surface area contributed by atoms with E-state index < -0.39 is 0 Å². The number of nitrogens with one attached hydrogen (secondary N) is 2. The molecule has 2 atom stereocenters. The lowest BCUT2D eigenvalue weighted by atomic mass is 10.2. The van der Waals surface area contributed by atoms with Crippen molar-refractivity contribution in [3.8, 4) is 0 Å². The summed E-state index contributed by atoms with van der Waals surface area (Å²) in [5.74, 6) is 0.413. The molecule has 8 nitrogen and oxygen atoms in total. The minimum absolute atomic E-state index is 0.0771. The van der Waals surface area contributed by atoms with E-state index in [0.717, 1.165) is 12.8 Å². The summed E-state index contributed by atoms with van der Waals surface area (Å²) in [6.07, 6.45) is 3.29. The monoisotopic (exact) mass is 279 g/mol. The molecule has 20 heavy (non-hydrogen) atoms. The highest BCUT2D eigenvalue weighted by Crippen LogP contribution is 2.30. The van der Waals surface area contributed by atoms with Crippen molar-refractivity contribution in [1.82, 2.24) is 19.5 Å². The molecular weight excluding hydrogens is 262 g/mol. The fourth-order valence-electron chi connectivity index (χ4n) is 2.46. The van der Waals surface area contributed by atoms with Gasteiger partial charge in [0.05, 0.1) is 19.0 Å². The van der Waals surface area contributed by atoms with Crippen molar-refractivity contribution in [3.63, 3.8) is 0 Å². The zero-order chi connectivity index (χ0) is 14.1. The predicted molar refractivity (Wildman–Crippen MR) is 72.7 cm³/mol. The third-order valence-corrected chi connectivity index (χ3v) is 3.42. The Morgan fingerprint density at radius 2 is 2.45 bits per heavy atom. The molecular formula is C12H17N5O3. The molecule has 3 heterocycles. The lowest BCUT2D eigenvalue weighted by Gasteiger charge is -2.14. The molecule has 1 aliphatic rings. The van der Waals surface area contributed by atoms with Gasteiger partial charge in [-0.2, -0.15) is 4.98 Å². The summed E-state index contributed by atoms with van der Waals surface area (Å²) >= 11 is 0. The molecule has 0 radical (unpaired) electrons. The molecule has 0 aliphatic carbocycles. The number of anilines is 1. The maximum absolute atomic E-state index is 11.9. The van der Waals surface area contributed by atoms with Crippen molar-refractivity contribution in [3.05, 3.63) is 16.7 Å². The molecule has 8 heteroatoms. The number of methoxy groups -OCH3 is 1. The van der Waals surface area contributed by atoms with Crippen LogP contribution in [-0.2, 0) is 9.47 Å². The number of fused-ring (bicyclic) bond motifs is 1. The molecule has 3 rings (SSSR count). The SMILES string of the molecule is CNc1nc2c(ncn2[C@H]2CC[C@@H](COC)O2)c(=O)[nH]1. The van der Waals surface area contributed by atoms with Crippen LogP contribution in [0.5, 0.6) is 0 Å². The fourth-order valence-corrected chi connectivity index (χ4v) is 2.46. The van der Waals surface area contributed by atoms with Crippen LogP contribution in [0.2, 0.25) is 0 Å². The maximum Gasteiger partial charge on any atom is 0.280 e. The highest BCUT2D eigenvalue weighted by atomic mass is 16.5. The van der Waals surface area contributed by atoms with E-state index in [1.807, 2.05) is 0 Å². The van der Waals surface area contributed by atoms with E-state index in [9.17, 15) is 4.79 Å². The molecule has 1 aliphatic heterocycles. The Morgan fingerprint density at radius 1 is 1.60 bits per heavy atom. The zero-order valence-electron chi connectivity index (χ0n) is 11.4. The number of ether oxygens (including phenoxy) is 2. The number of imidazole rings is 1. The van der Waals surface area contributed by atoms with Crippen LogP contribution >= 0.6 is 0 Å². The van der Waals surface area contributed by atoms with E-state index in [1.165, 1.54) is 0 Å². The Balaban J connectivity index is 1.96. The second-order valence-corrected chi connectivity index (χ2v) is 4.73. The molecule has 0 saturated carbocycles. The predicted octanol–water partition coefficient (Wildman–Crippen LogP) is 0.485. The van der Waals surface area contributed by atoms with E-state index in [0.29, 0.717) is 23.7 Å². The third-order valence-electron chi connectivity index (χ3n) is 3.42. The second-order valence-electron chi connectivity index (χ2n) is 4.73. The van der Waals surface area contributed by atoms with Crippen LogP contribution in [-0.4, -0.2) is 46.4 Å². The van der Waals surface area contributed by atoms with Crippen LogP contribution in [0.3, 0.4) is 0 Å². The van der Waals surface area contributed by atoms with Gasteiger partial charge in [0.2, 0.25) is 5.95 Å². The van der Waals surface area contributed by atoms with E-state index in [2.05, 4.69) is 20.3 Å². The van der Waals surface area contributed by atoms with Crippen LogP contribution in [0, 0.1) is 0 Å². The van der Waals surface area contributed by atoms with Gasteiger partial charge in [0.1, 0.15) is 6.23 Å². The van der Waals surface area contributed by atoms with Crippen LogP contribution in [0.25, 0.3) is 11.2 Å². The van der Waals surface area contributed by atoms with Crippen LogP contribution in [0.15, 0.2) is 11.1 Å². The molecule has 0 amide bonds. The molecule has 2 N–H and O–H groups in total. The summed E-state index contributed by atoms with van der Waals surface area (Å²) in [5.41, 5.74) is 0.591. The first-order chi connectivity index (χ1) is 9.72. The smallest absolute Gasteiger partial charge is 0.280 e. The molecule has 0 aromatic carbocycles. The Kier molecular flexibility index (Phi) is 3.41. The van der Waals surface area contributed by atoms with Gasteiger partial charge >= 0.3 is 0 Å². The third kappa shape index (κ3) is 2.16. The zero-order valence-corrected chi connectivity index (χ0v) is 11.4. The summed E-state index contributed by atoms with van der Waals surface area (Å²) in [6, 6.07) is 0. The van der Waals surface area contributed by atoms with Gasteiger partial charge in [0, 0.05) is 14.2 Å². The van der Waals surface area contributed by atoms with Gasteiger partial charge in [-0.3, -0.25) is 14.3 Å². The fraction of sp³-hybridized carbons (Fsp3) is 0.583. The van der Waals surface area contributed by atoms with Gasteiger partial charge in [-0.15, -0.1) is 0 Å². The Bertz CT molecular complexity index is 665. The lowest BCUT2D eigenvalue weighted by molar-refractivity contribution is -0.0300. The molecule has 0 unspecified atom stereocenters. The van der Waals surface area contributed by atoms with Crippen molar-refractivity contribution in [2.45, 2.75) is 25.2 Å². The Hall–Kier alpha value is -1.93. The highest BCUT2D eigenvalue weighted by Gasteiger charge is 2.28. The molecule has 1 saturated heterocycles. The topological polar surface area (TPSA) is 94.1 Å². The first-order valence-corrected chi connectivity index (χ1v) is 6.52. The van der Waals surface area contributed by atoms with Gasteiger partial charge in [0.25, 0.3) is 5.56 Å².